The molecule has 2 aromatic rings. The zero-order chi connectivity index (χ0) is 9.26. The number of benzene rings is 1. The summed E-state index contributed by atoms with van der Waals surface area (Å²) >= 11 is 2.29. The van der Waals surface area contributed by atoms with Gasteiger partial charge in [0.25, 0.3) is 0 Å². The van der Waals surface area contributed by atoms with Gasteiger partial charge in [-0.1, -0.05) is 19.1 Å². The summed E-state index contributed by atoms with van der Waals surface area (Å²) in [4.78, 5) is 4.48. The fraction of sp³-hybridized carbons (Fsp3) is 0.300. The minimum atomic E-state index is 1.05. The number of aryl methyl sites for hydroxylation is 1. The highest BCUT2D eigenvalue weighted by atomic mass is 127. The van der Waals surface area contributed by atoms with Gasteiger partial charge in [-0.15, -0.1) is 0 Å². The molecule has 0 fully saturated rings. The van der Waals surface area contributed by atoms with E-state index in [1.807, 2.05) is 6.07 Å². The van der Waals surface area contributed by atoms with E-state index in [1.165, 1.54) is 5.52 Å². The van der Waals surface area contributed by atoms with Crippen molar-refractivity contribution in [1.29, 1.82) is 0 Å². The van der Waals surface area contributed by atoms with Crippen molar-refractivity contribution >= 4 is 33.6 Å². The van der Waals surface area contributed by atoms with Crippen LogP contribution in [0.1, 0.15) is 13.3 Å². The fourth-order valence-electron chi connectivity index (χ4n) is 1.48. The van der Waals surface area contributed by atoms with Gasteiger partial charge in [0.15, 0.2) is 3.83 Å². The van der Waals surface area contributed by atoms with Crippen molar-refractivity contribution < 1.29 is 0 Å². The smallest absolute Gasteiger partial charge is 0.172 e. The third kappa shape index (κ3) is 1.57. The minimum absolute atomic E-state index is 1.05. The van der Waals surface area contributed by atoms with Gasteiger partial charge in [-0.2, -0.15) is 0 Å². The van der Waals surface area contributed by atoms with Gasteiger partial charge in [0.05, 0.1) is 11.0 Å². The molecule has 0 saturated carbocycles. The maximum Gasteiger partial charge on any atom is 0.172 e. The summed E-state index contributed by atoms with van der Waals surface area (Å²) in [5, 5.41) is 0. The normalized spacial score (nSPS) is 10.9. The Hall–Kier alpha value is -0.580. The quantitative estimate of drug-likeness (QED) is 0.776. The molecule has 0 saturated heterocycles. The SMILES string of the molecule is CCCn1c(I)nc2ccccc21. The van der Waals surface area contributed by atoms with Crippen molar-refractivity contribution in [1.82, 2.24) is 9.55 Å². The standard InChI is InChI=1S/C10H11IN2/c1-2-7-13-9-6-4-3-5-8(9)12-10(13)11/h3-6H,2,7H2,1H3. The zero-order valence-electron chi connectivity index (χ0n) is 7.50. The molecule has 1 aromatic heterocycles. The number of rotatable bonds is 2. The third-order valence-electron chi connectivity index (χ3n) is 2.06. The lowest BCUT2D eigenvalue weighted by Crippen LogP contribution is -1.98. The molecule has 13 heavy (non-hydrogen) atoms. The van der Waals surface area contributed by atoms with Crippen LogP contribution in [0.2, 0.25) is 0 Å². The number of hydrogen-bond donors (Lipinski definition) is 0. The largest absolute Gasteiger partial charge is 0.319 e. The van der Waals surface area contributed by atoms with E-state index >= 15 is 0 Å². The van der Waals surface area contributed by atoms with E-state index in [4.69, 9.17) is 0 Å². The molecule has 0 spiro atoms. The van der Waals surface area contributed by atoms with E-state index in [0.717, 1.165) is 22.3 Å². The van der Waals surface area contributed by atoms with Gasteiger partial charge >= 0.3 is 0 Å². The molecule has 0 radical (unpaired) electrons. The Kier molecular flexibility index (Phi) is 2.53. The molecule has 0 amide bonds. The Labute approximate surface area is 91.1 Å². The molecule has 0 bridgehead atoms. The maximum absolute atomic E-state index is 4.48. The Balaban J connectivity index is 2.64. The van der Waals surface area contributed by atoms with Crippen LogP contribution < -0.4 is 0 Å². The Bertz CT molecular complexity index is 420. The topological polar surface area (TPSA) is 17.8 Å². The van der Waals surface area contributed by atoms with Gasteiger partial charge in [0.1, 0.15) is 0 Å². The molecule has 3 heteroatoms. The van der Waals surface area contributed by atoms with Crippen LogP contribution in [-0.2, 0) is 6.54 Å². The first-order chi connectivity index (χ1) is 6.33. The number of halogens is 1. The average Bonchev–Trinajstić information content (AvgIpc) is 2.44. The van der Waals surface area contributed by atoms with E-state index in [0.29, 0.717) is 0 Å². The third-order valence-corrected chi connectivity index (χ3v) is 2.88. The summed E-state index contributed by atoms with van der Waals surface area (Å²) in [6.07, 6.45) is 1.15. The van der Waals surface area contributed by atoms with Crippen molar-refractivity contribution in [3.05, 3.63) is 28.1 Å². The molecular weight excluding hydrogens is 275 g/mol. The lowest BCUT2D eigenvalue weighted by atomic mass is 10.3. The maximum atomic E-state index is 4.48. The highest BCUT2D eigenvalue weighted by Gasteiger charge is 2.05. The second-order valence-corrected chi connectivity index (χ2v) is 3.99. The second-order valence-electron chi connectivity index (χ2n) is 3.02. The van der Waals surface area contributed by atoms with E-state index < -0.39 is 0 Å². The van der Waals surface area contributed by atoms with E-state index in [9.17, 15) is 0 Å². The molecule has 2 nitrogen and oxygen atoms in total. The lowest BCUT2D eigenvalue weighted by molar-refractivity contribution is 0.681. The van der Waals surface area contributed by atoms with Crippen molar-refractivity contribution in [2.75, 3.05) is 0 Å². The molecule has 0 N–H and O–H groups in total. The lowest BCUT2D eigenvalue weighted by Gasteiger charge is -2.01. The molecule has 0 aliphatic rings. The Morgan fingerprint density at radius 1 is 1.38 bits per heavy atom. The van der Waals surface area contributed by atoms with Crippen LogP contribution in [0.4, 0.5) is 0 Å². The van der Waals surface area contributed by atoms with Gasteiger partial charge in [-0.05, 0) is 41.1 Å². The molecule has 0 aliphatic carbocycles. The molecule has 1 aromatic carbocycles. The summed E-state index contributed by atoms with van der Waals surface area (Å²) in [6.45, 7) is 3.24. The minimum Gasteiger partial charge on any atom is -0.319 e. The predicted molar refractivity (Wildman–Crippen MR) is 62.7 cm³/mol. The van der Waals surface area contributed by atoms with Crippen molar-refractivity contribution in [2.24, 2.45) is 0 Å². The van der Waals surface area contributed by atoms with E-state index in [2.05, 4.69) is 57.3 Å². The zero-order valence-corrected chi connectivity index (χ0v) is 9.65. The first-order valence-electron chi connectivity index (χ1n) is 4.43. The molecule has 0 aliphatic heterocycles. The summed E-state index contributed by atoms with van der Waals surface area (Å²) in [5.74, 6) is 0. The molecule has 68 valence electrons. The molecule has 0 atom stereocenters. The van der Waals surface area contributed by atoms with Crippen LogP contribution in [0.15, 0.2) is 24.3 Å². The van der Waals surface area contributed by atoms with Crippen LogP contribution in [-0.4, -0.2) is 9.55 Å². The number of imidazole rings is 1. The molecular formula is C10H11IN2. The van der Waals surface area contributed by atoms with Gasteiger partial charge in [0, 0.05) is 6.54 Å². The average molecular weight is 286 g/mol. The molecule has 1 heterocycles. The number of hydrogen-bond acceptors (Lipinski definition) is 1. The number of fused-ring (bicyclic) bond motifs is 1. The van der Waals surface area contributed by atoms with Gasteiger partial charge in [0.2, 0.25) is 0 Å². The number of nitrogens with zero attached hydrogens (tertiary/aromatic N) is 2. The fourth-order valence-corrected chi connectivity index (χ4v) is 2.24. The van der Waals surface area contributed by atoms with Crippen LogP contribution in [0, 0.1) is 3.83 Å². The van der Waals surface area contributed by atoms with Crippen molar-refractivity contribution in [3.8, 4) is 0 Å². The van der Waals surface area contributed by atoms with Gasteiger partial charge < -0.3 is 4.57 Å². The van der Waals surface area contributed by atoms with E-state index in [-0.39, 0.29) is 0 Å². The van der Waals surface area contributed by atoms with Gasteiger partial charge in [-0.3, -0.25) is 0 Å². The number of aromatic nitrogens is 2. The van der Waals surface area contributed by atoms with E-state index in [1.54, 1.807) is 0 Å². The number of para-hydroxylation sites is 2. The van der Waals surface area contributed by atoms with Crippen LogP contribution in [0.25, 0.3) is 11.0 Å². The van der Waals surface area contributed by atoms with Crippen molar-refractivity contribution in [3.63, 3.8) is 0 Å². The molecule has 0 unspecified atom stereocenters. The summed E-state index contributed by atoms with van der Waals surface area (Å²) < 4.78 is 3.34. The highest BCUT2D eigenvalue weighted by Crippen LogP contribution is 2.17. The van der Waals surface area contributed by atoms with Crippen LogP contribution in [0.5, 0.6) is 0 Å². The summed E-state index contributed by atoms with van der Waals surface area (Å²) in [7, 11) is 0. The molecule has 2 rings (SSSR count). The van der Waals surface area contributed by atoms with Crippen molar-refractivity contribution in [2.45, 2.75) is 19.9 Å². The van der Waals surface area contributed by atoms with Gasteiger partial charge in [-0.25, -0.2) is 4.98 Å². The first kappa shape index (κ1) is 8.99. The predicted octanol–water partition coefficient (Wildman–Crippen LogP) is 3.05. The highest BCUT2D eigenvalue weighted by molar-refractivity contribution is 14.1. The summed E-state index contributed by atoms with van der Waals surface area (Å²) in [5.41, 5.74) is 2.34. The monoisotopic (exact) mass is 286 g/mol. The second kappa shape index (κ2) is 3.65. The Morgan fingerprint density at radius 3 is 2.92 bits per heavy atom. The van der Waals surface area contributed by atoms with Crippen LogP contribution in [0.3, 0.4) is 0 Å². The Morgan fingerprint density at radius 2 is 2.15 bits per heavy atom. The summed E-state index contributed by atoms with van der Waals surface area (Å²) in [6, 6.07) is 8.28. The first-order valence-corrected chi connectivity index (χ1v) is 5.51. The van der Waals surface area contributed by atoms with Crippen LogP contribution >= 0.6 is 22.6 Å².